The number of rotatable bonds is 18. The number of fused-ring (bicyclic) bond motifs is 1. The predicted octanol–water partition coefficient (Wildman–Crippen LogP) is 1.11. The summed E-state index contributed by atoms with van der Waals surface area (Å²) in [6.07, 6.45) is 9.75. The highest BCUT2D eigenvalue weighted by Gasteiger charge is 2.49. The molecule has 1 saturated heterocycles. The quantitative estimate of drug-likeness (QED) is 0.141. The zero-order valence-electron chi connectivity index (χ0n) is 28.2. The van der Waals surface area contributed by atoms with Crippen molar-refractivity contribution < 1.29 is 43.6 Å². The van der Waals surface area contributed by atoms with Gasteiger partial charge in [0.1, 0.15) is 5.78 Å². The number of carboxylic acid groups (broad SMARTS) is 2. The summed E-state index contributed by atoms with van der Waals surface area (Å²) in [6.45, 7) is 7.09. The second-order valence-corrected chi connectivity index (χ2v) is 12.9. The number of alkyl carbamates (subject to hydrolysis) is 1. The number of ketones is 1. The van der Waals surface area contributed by atoms with Crippen molar-refractivity contribution in [2.24, 2.45) is 17.8 Å². The van der Waals surface area contributed by atoms with Crippen molar-refractivity contribution in [1.29, 1.82) is 0 Å². The summed E-state index contributed by atoms with van der Waals surface area (Å²) in [7, 11) is 1.98. The van der Waals surface area contributed by atoms with E-state index in [1.54, 1.807) is 4.90 Å². The third-order valence-electron chi connectivity index (χ3n) is 9.23. The Kier molecular flexibility index (Phi) is 18.3. The molecule has 0 aromatic carbocycles. The van der Waals surface area contributed by atoms with Crippen LogP contribution < -0.4 is 5.32 Å². The number of hydrogen-bond donors (Lipinski definition) is 3. The first-order valence-corrected chi connectivity index (χ1v) is 17.2. The van der Waals surface area contributed by atoms with Crippen LogP contribution in [0.5, 0.6) is 0 Å². The van der Waals surface area contributed by atoms with Gasteiger partial charge in [-0.3, -0.25) is 29.1 Å². The number of likely N-dealkylation sites (N-methyl/N-ethyl adjacent to an activating group) is 1. The largest absolute Gasteiger partial charge is 0.480 e. The van der Waals surface area contributed by atoms with Gasteiger partial charge in [-0.05, 0) is 56.9 Å². The summed E-state index contributed by atoms with van der Waals surface area (Å²) in [6, 6.07) is 0. The van der Waals surface area contributed by atoms with Crippen LogP contribution in [-0.2, 0) is 28.6 Å². The van der Waals surface area contributed by atoms with E-state index in [2.05, 4.69) is 27.3 Å². The van der Waals surface area contributed by atoms with Crippen LogP contribution in [0.3, 0.4) is 0 Å². The molecule has 1 heterocycles. The third kappa shape index (κ3) is 16.9. The Morgan fingerprint density at radius 3 is 1.79 bits per heavy atom. The van der Waals surface area contributed by atoms with Gasteiger partial charge in [0.2, 0.25) is 0 Å². The molecule has 47 heavy (non-hydrogen) atoms. The van der Waals surface area contributed by atoms with Gasteiger partial charge in [-0.25, -0.2) is 4.79 Å². The number of carbonyl (C=O) groups excluding carboxylic acids is 2. The average Bonchev–Trinajstić information content (AvgIpc) is 3.66. The number of ether oxygens (including phenoxy) is 3. The molecule has 0 aromatic rings. The monoisotopic (exact) mass is 667 g/mol. The summed E-state index contributed by atoms with van der Waals surface area (Å²) in [5.41, 5.74) is 0. The molecule has 268 valence electrons. The van der Waals surface area contributed by atoms with Crippen LogP contribution in [0.4, 0.5) is 4.79 Å². The van der Waals surface area contributed by atoms with Crippen molar-refractivity contribution in [2.45, 2.75) is 38.5 Å². The minimum absolute atomic E-state index is 0.0822. The SMILES string of the molecule is CN1CCN(CC(=O)O)CCN(CC(=O)O)CCN(CC(=O)CCCOCCOCCNC(=O)OCC2[C@H]3CC/C=C/CC[C@@H]23)CC1. The van der Waals surface area contributed by atoms with Crippen molar-refractivity contribution in [3.05, 3.63) is 12.2 Å². The molecule has 1 unspecified atom stereocenters. The van der Waals surface area contributed by atoms with Crippen LogP contribution in [-0.4, -0.2) is 172 Å². The van der Waals surface area contributed by atoms with E-state index in [9.17, 15) is 29.4 Å². The van der Waals surface area contributed by atoms with Crippen LogP contribution in [0.25, 0.3) is 0 Å². The lowest BCUT2D eigenvalue weighted by molar-refractivity contribution is -0.140. The van der Waals surface area contributed by atoms with Gasteiger partial charge in [-0.2, -0.15) is 0 Å². The van der Waals surface area contributed by atoms with Gasteiger partial charge in [-0.15, -0.1) is 0 Å². The van der Waals surface area contributed by atoms with E-state index in [0.717, 1.165) is 12.8 Å². The van der Waals surface area contributed by atoms with Gasteiger partial charge in [0, 0.05) is 71.9 Å². The van der Waals surface area contributed by atoms with Crippen LogP contribution in [0, 0.1) is 17.8 Å². The maximum absolute atomic E-state index is 12.8. The van der Waals surface area contributed by atoms with Crippen LogP contribution in [0.1, 0.15) is 38.5 Å². The molecule has 1 saturated carbocycles. The van der Waals surface area contributed by atoms with Crippen LogP contribution >= 0.6 is 0 Å². The predicted molar refractivity (Wildman–Crippen MR) is 175 cm³/mol. The Bertz CT molecular complexity index is 984. The molecule has 3 N–H and O–H groups in total. The van der Waals surface area contributed by atoms with E-state index in [0.29, 0.717) is 123 Å². The lowest BCUT2D eigenvalue weighted by atomic mass is 10.1. The first-order valence-electron chi connectivity index (χ1n) is 17.2. The van der Waals surface area contributed by atoms with Crippen molar-refractivity contribution in [3.8, 4) is 0 Å². The smallest absolute Gasteiger partial charge is 0.407 e. The fourth-order valence-electron chi connectivity index (χ4n) is 6.41. The maximum atomic E-state index is 12.8. The van der Waals surface area contributed by atoms with Crippen LogP contribution in [0.2, 0.25) is 0 Å². The normalized spacial score (nSPS) is 24.5. The van der Waals surface area contributed by atoms with E-state index in [1.165, 1.54) is 12.8 Å². The number of allylic oxidation sites excluding steroid dienone is 2. The van der Waals surface area contributed by atoms with Crippen molar-refractivity contribution >= 4 is 23.8 Å². The molecule has 3 aliphatic rings. The molecule has 1 amide bonds. The van der Waals surface area contributed by atoms with Gasteiger partial charge in [0.15, 0.2) is 0 Å². The molecule has 14 nitrogen and oxygen atoms in total. The Balaban J connectivity index is 1.21. The number of aliphatic carboxylic acids is 2. The van der Waals surface area contributed by atoms with Gasteiger partial charge < -0.3 is 34.6 Å². The Morgan fingerprint density at radius 1 is 0.723 bits per heavy atom. The molecular weight excluding hydrogens is 610 g/mol. The highest BCUT2D eigenvalue weighted by atomic mass is 16.6. The number of Topliss-reactive ketones (excluding diaryl/α,β-unsaturated/α-hetero) is 1. The van der Waals surface area contributed by atoms with E-state index >= 15 is 0 Å². The Morgan fingerprint density at radius 2 is 1.23 bits per heavy atom. The van der Waals surface area contributed by atoms with Crippen molar-refractivity contribution in [1.82, 2.24) is 24.9 Å². The minimum Gasteiger partial charge on any atom is -0.480 e. The first-order chi connectivity index (χ1) is 22.7. The number of nitrogens with one attached hydrogen (secondary N) is 1. The number of hydrogen-bond acceptors (Lipinski definition) is 11. The molecule has 3 atom stereocenters. The number of carbonyl (C=O) groups is 4. The lowest BCUT2D eigenvalue weighted by Crippen LogP contribution is -2.47. The minimum atomic E-state index is -0.934. The van der Waals surface area contributed by atoms with Crippen LogP contribution in [0.15, 0.2) is 12.2 Å². The highest BCUT2D eigenvalue weighted by Crippen LogP contribution is 2.52. The summed E-state index contributed by atoms with van der Waals surface area (Å²) in [4.78, 5) is 55.3. The lowest BCUT2D eigenvalue weighted by Gasteiger charge is -2.32. The third-order valence-corrected chi connectivity index (χ3v) is 9.23. The van der Waals surface area contributed by atoms with E-state index in [4.69, 9.17) is 14.2 Å². The zero-order valence-corrected chi connectivity index (χ0v) is 28.2. The zero-order chi connectivity index (χ0) is 33.9. The Hall–Kier alpha value is -2.62. The fraction of sp³-hybridized carbons (Fsp3) is 0.818. The fourth-order valence-corrected chi connectivity index (χ4v) is 6.41. The molecule has 14 heteroatoms. The molecule has 0 spiro atoms. The molecule has 0 aromatic heterocycles. The maximum Gasteiger partial charge on any atom is 0.407 e. The summed E-state index contributed by atoms with van der Waals surface area (Å²) in [5.74, 6) is 0.178. The number of carboxylic acids is 2. The van der Waals surface area contributed by atoms with E-state index < -0.39 is 18.0 Å². The van der Waals surface area contributed by atoms with Gasteiger partial charge >= 0.3 is 18.0 Å². The molecule has 2 fully saturated rings. The Labute approximate surface area is 279 Å². The highest BCUT2D eigenvalue weighted by molar-refractivity contribution is 5.80. The standard InChI is InChI=1S/C33H57N5O9/c1-35-11-13-36(15-16-38(25-32(42)43)18-17-37(14-12-35)24-31(40)41)23-27(39)7-6-19-45-21-22-46-20-10-34-33(44)47-26-30-28-8-4-2-3-5-9-29(28)30/h2-3,28-30H,4-26H2,1H3,(H,34,44)(H,40,41)(H,42,43)/b3-2+/t28-,29+,30?. The van der Waals surface area contributed by atoms with E-state index in [1.807, 2.05) is 11.9 Å². The van der Waals surface area contributed by atoms with Crippen molar-refractivity contribution in [2.75, 3.05) is 119 Å². The number of amides is 1. The summed E-state index contributed by atoms with van der Waals surface area (Å²) < 4.78 is 16.6. The molecule has 1 aliphatic heterocycles. The topological polar surface area (TPSA) is 161 Å². The second-order valence-electron chi connectivity index (χ2n) is 12.9. The molecule has 3 rings (SSSR count). The first kappa shape index (κ1) is 38.8. The van der Waals surface area contributed by atoms with Crippen molar-refractivity contribution in [3.63, 3.8) is 0 Å². The molecule has 0 radical (unpaired) electrons. The van der Waals surface area contributed by atoms with Gasteiger partial charge in [0.25, 0.3) is 0 Å². The summed E-state index contributed by atoms with van der Waals surface area (Å²) >= 11 is 0. The summed E-state index contributed by atoms with van der Waals surface area (Å²) in [5, 5.41) is 21.3. The van der Waals surface area contributed by atoms with E-state index in [-0.39, 0.29) is 25.4 Å². The molecule has 2 aliphatic carbocycles. The molecular formula is C33H57N5O9. The second kappa shape index (κ2) is 22.1. The molecule has 0 bridgehead atoms. The average molecular weight is 668 g/mol. The van der Waals surface area contributed by atoms with Gasteiger partial charge in [-0.1, -0.05) is 12.2 Å². The van der Waals surface area contributed by atoms with Gasteiger partial charge in [0.05, 0.1) is 46.1 Å². The number of nitrogens with zero attached hydrogens (tertiary/aromatic N) is 4.